The summed E-state index contributed by atoms with van der Waals surface area (Å²) in [5.74, 6) is 0. The predicted octanol–water partition coefficient (Wildman–Crippen LogP) is 8.35. The molecule has 2 nitrogen and oxygen atoms in total. The van der Waals surface area contributed by atoms with Crippen LogP contribution >= 0.6 is 0 Å². The van der Waals surface area contributed by atoms with Crippen LogP contribution in [0.25, 0.3) is 17.2 Å². The smallest absolute Gasteiger partial charge is 0.0830 e. The van der Waals surface area contributed by atoms with E-state index in [9.17, 15) is 5.11 Å². The molecule has 184 valence electrons. The summed E-state index contributed by atoms with van der Waals surface area (Å²) in [5, 5.41) is 10.7. The van der Waals surface area contributed by atoms with Crippen LogP contribution in [-0.4, -0.2) is 15.7 Å². The van der Waals surface area contributed by atoms with Crippen molar-refractivity contribution in [3.63, 3.8) is 0 Å². The summed E-state index contributed by atoms with van der Waals surface area (Å²) < 4.78 is 0. The molecule has 0 saturated heterocycles. The minimum absolute atomic E-state index is 0.0243. The number of aryl methyl sites for hydroxylation is 3. The van der Waals surface area contributed by atoms with Crippen LogP contribution in [0.4, 0.5) is 0 Å². The average Bonchev–Trinajstić information content (AvgIpc) is 3.31. The van der Waals surface area contributed by atoms with E-state index in [4.69, 9.17) is 0 Å². The lowest BCUT2D eigenvalue weighted by atomic mass is 9.69. The maximum absolute atomic E-state index is 10.7. The van der Waals surface area contributed by atoms with Crippen molar-refractivity contribution in [3.05, 3.63) is 94.3 Å². The molecule has 0 radical (unpaired) electrons. The maximum atomic E-state index is 10.7. The SMILES string of the molecule is CCc1cncc(-c2ccc(C(CC)(CC)c3ccc(C=CC4(O)CCCC4)c(C)c3)cc2C)c1. The van der Waals surface area contributed by atoms with Crippen molar-refractivity contribution in [1.29, 1.82) is 0 Å². The molecule has 1 aliphatic carbocycles. The monoisotopic (exact) mass is 467 g/mol. The van der Waals surface area contributed by atoms with Gasteiger partial charge in [-0.05, 0) is 91.0 Å². The minimum Gasteiger partial charge on any atom is -0.386 e. The Bertz CT molecular complexity index is 1200. The van der Waals surface area contributed by atoms with Gasteiger partial charge in [0.1, 0.15) is 0 Å². The van der Waals surface area contributed by atoms with Crippen molar-refractivity contribution in [2.45, 2.75) is 90.6 Å². The lowest BCUT2D eigenvalue weighted by Gasteiger charge is -2.34. The number of rotatable bonds is 8. The predicted molar refractivity (Wildman–Crippen MR) is 149 cm³/mol. The molecule has 2 aromatic carbocycles. The van der Waals surface area contributed by atoms with Crippen molar-refractivity contribution in [1.82, 2.24) is 4.98 Å². The molecule has 0 unspecified atom stereocenters. The first-order valence-electron chi connectivity index (χ1n) is 13.4. The third kappa shape index (κ3) is 5.14. The Morgan fingerprint density at radius 3 is 2.14 bits per heavy atom. The number of aromatic nitrogens is 1. The summed E-state index contributed by atoms with van der Waals surface area (Å²) in [6.07, 6.45) is 15.2. The van der Waals surface area contributed by atoms with Gasteiger partial charge in [0, 0.05) is 23.4 Å². The van der Waals surface area contributed by atoms with Gasteiger partial charge in [-0.15, -0.1) is 0 Å². The fourth-order valence-corrected chi connectivity index (χ4v) is 5.91. The molecule has 1 aromatic heterocycles. The second-order valence-electron chi connectivity index (χ2n) is 10.5. The highest BCUT2D eigenvalue weighted by Crippen LogP contribution is 2.41. The van der Waals surface area contributed by atoms with Gasteiger partial charge in [0.2, 0.25) is 0 Å². The number of benzene rings is 2. The summed E-state index contributed by atoms with van der Waals surface area (Å²) in [6, 6.07) is 16.2. The van der Waals surface area contributed by atoms with Crippen LogP contribution in [0, 0.1) is 13.8 Å². The van der Waals surface area contributed by atoms with Gasteiger partial charge in [0.25, 0.3) is 0 Å². The Labute approximate surface area is 212 Å². The fraction of sp³-hybridized carbons (Fsp3) is 0.424. The van der Waals surface area contributed by atoms with E-state index in [0.717, 1.165) is 44.9 Å². The van der Waals surface area contributed by atoms with E-state index in [1.54, 1.807) is 0 Å². The van der Waals surface area contributed by atoms with Crippen molar-refractivity contribution in [2.75, 3.05) is 0 Å². The van der Waals surface area contributed by atoms with Crippen LogP contribution in [0.5, 0.6) is 0 Å². The highest BCUT2D eigenvalue weighted by molar-refractivity contribution is 5.68. The molecule has 0 atom stereocenters. The number of hydrogen-bond donors (Lipinski definition) is 1. The minimum atomic E-state index is -0.618. The number of aliphatic hydroxyl groups is 1. The van der Waals surface area contributed by atoms with Gasteiger partial charge in [-0.25, -0.2) is 0 Å². The molecular formula is C33H41NO. The summed E-state index contributed by atoms with van der Waals surface area (Å²) in [5.41, 5.74) is 9.60. The maximum Gasteiger partial charge on any atom is 0.0830 e. The van der Waals surface area contributed by atoms with E-state index in [-0.39, 0.29) is 5.41 Å². The molecule has 3 aromatic rings. The van der Waals surface area contributed by atoms with Crippen LogP contribution in [-0.2, 0) is 11.8 Å². The molecule has 0 spiro atoms. The number of nitrogens with zero attached hydrogens (tertiary/aromatic N) is 1. The lowest BCUT2D eigenvalue weighted by Crippen LogP contribution is -2.26. The van der Waals surface area contributed by atoms with E-state index in [2.05, 4.69) is 88.1 Å². The molecule has 1 fully saturated rings. The zero-order valence-corrected chi connectivity index (χ0v) is 22.2. The van der Waals surface area contributed by atoms with E-state index in [1.165, 1.54) is 44.5 Å². The molecule has 0 bridgehead atoms. The second kappa shape index (κ2) is 10.5. The zero-order chi connectivity index (χ0) is 25.1. The van der Waals surface area contributed by atoms with Crippen molar-refractivity contribution >= 4 is 6.08 Å². The Hall–Kier alpha value is -2.71. The van der Waals surface area contributed by atoms with Crippen molar-refractivity contribution in [2.24, 2.45) is 0 Å². The summed E-state index contributed by atoms with van der Waals surface area (Å²) >= 11 is 0. The molecule has 1 heterocycles. The van der Waals surface area contributed by atoms with Crippen LogP contribution in [0.2, 0.25) is 0 Å². The van der Waals surface area contributed by atoms with Crippen LogP contribution in [0.15, 0.2) is 60.9 Å². The highest BCUT2D eigenvalue weighted by Gasteiger charge is 2.32. The van der Waals surface area contributed by atoms with Crippen LogP contribution in [0.1, 0.15) is 92.7 Å². The summed E-state index contributed by atoms with van der Waals surface area (Å²) in [6.45, 7) is 11.2. The van der Waals surface area contributed by atoms with E-state index >= 15 is 0 Å². The Kier molecular flexibility index (Phi) is 7.62. The third-order valence-corrected chi connectivity index (χ3v) is 8.37. The molecule has 4 rings (SSSR count). The van der Waals surface area contributed by atoms with Crippen LogP contribution in [0.3, 0.4) is 0 Å². The Morgan fingerprint density at radius 2 is 1.54 bits per heavy atom. The molecule has 1 N–H and O–H groups in total. The van der Waals surface area contributed by atoms with E-state index < -0.39 is 5.60 Å². The van der Waals surface area contributed by atoms with Gasteiger partial charge in [-0.3, -0.25) is 4.98 Å². The Balaban J connectivity index is 1.68. The third-order valence-electron chi connectivity index (χ3n) is 8.37. The first-order chi connectivity index (χ1) is 16.8. The normalized spacial score (nSPS) is 15.7. The topological polar surface area (TPSA) is 33.1 Å². The molecule has 2 heteroatoms. The molecule has 0 aliphatic heterocycles. The van der Waals surface area contributed by atoms with Crippen LogP contribution < -0.4 is 0 Å². The number of pyridine rings is 1. The molecule has 1 saturated carbocycles. The largest absolute Gasteiger partial charge is 0.386 e. The fourth-order valence-electron chi connectivity index (χ4n) is 5.91. The van der Waals surface area contributed by atoms with Gasteiger partial charge in [-0.1, -0.05) is 82.2 Å². The van der Waals surface area contributed by atoms with Gasteiger partial charge >= 0.3 is 0 Å². The molecule has 1 aliphatic rings. The zero-order valence-electron chi connectivity index (χ0n) is 22.2. The first-order valence-corrected chi connectivity index (χ1v) is 13.4. The van der Waals surface area contributed by atoms with Crippen molar-refractivity contribution < 1.29 is 5.11 Å². The molecule has 35 heavy (non-hydrogen) atoms. The Morgan fingerprint density at radius 1 is 0.886 bits per heavy atom. The van der Waals surface area contributed by atoms with Crippen molar-refractivity contribution in [3.8, 4) is 11.1 Å². The highest BCUT2D eigenvalue weighted by atomic mass is 16.3. The van der Waals surface area contributed by atoms with Gasteiger partial charge in [-0.2, -0.15) is 0 Å². The summed E-state index contributed by atoms with van der Waals surface area (Å²) in [7, 11) is 0. The average molecular weight is 468 g/mol. The quantitative estimate of drug-likeness (QED) is 0.361. The lowest BCUT2D eigenvalue weighted by molar-refractivity contribution is 0.100. The molecular weight excluding hydrogens is 426 g/mol. The van der Waals surface area contributed by atoms with E-state index in [0.29, 0.717) is 0 Å². The standard InChI is InChI=1S/C33H41NO/c1-6-26-21-28(23-34-22-26)31-14-13-30(20-25(31)5)33(7-2,8-3)29-12-11-27(24(4)19-29)15-18-32(35)16-9-10-17-32/h11-15,18-23,35H,6-10,16-17H2,1-5H3. The van der Waals surface area contributed by atoms with Gasteiger partial charge < -0.3 is 5.11 Å². The van der Waals surface area contributed by atoms with Gasteiger partial charge in [0.05, 0.1) is 5.60 Å². The number of hydrogen-bond acceptors (Lipinski definition) is 2. The molecule has 0 amide bonds. The van der Waals surface area contributed by atoms with E-state index in [1.807, 2.05) is 18.5 Å². The summed E-state index contributed by atoms with van der Waals surface area (Å²) in [4.78, 5) is 4.47. The second-order valence-corrected chi connectivity index (χ2v) is 10.5. The van der Waals surface area contributed by atoms with Gasteiger partial charge in [0.15, 0.2) is 0 Å². The first kappa shape index (κ1) is 25.4.